The van der Waals surface area contributed by atoms with Crippen molar-refractivity contribution in [2.45, 2.75) is 12.6 Å². The van der Waals surface area contributed by atoms with Crippen LogP contribution in [0.1, 0.15) is 5.56 Å². The van der Waals surface area contributed by atoms with Crippen LogP contribution < -0.4 is 11.1 Å². The molecule has 1 atom stereocenters. The Kier molecular flexibility index (Phi) is 5.26. The highest BCUT2D eigenvalue weighted by molar-refractivity contribution is 7.85. The van der Waals surface area contributed by atoms with Crippen LogP contribution in [-0.4, -0.2) is 33.2 Å². The highest BCUT2D eigenvalue weighted by Crippen LogP contribution is 1.99. The van der Waals surface area contributed by atoms with E-state index in [2.05, 4.69) is 9.50 Å². The van der Waals surface area contributed by atoms with Gasteiger partial charge in [0.05, 0.1) is 12.9 Å². The third kappa shape index (κ3) is 5.76. The number of amides is 1. The van der Waals surface area contributed by atoms with Gasteiger partial charge in [-0.3, -0.25) is 14.3 Å². The van der Waals surface area contributed by atoms with Crippen LogP contribution >= 0.6 is 0 Å². The second-order valence-electron chi connectivity index (χ2n) is 3.81. The summed E-state index contributed by atoms with van der Waals surface area (Å²) < 4.78 is 26.2. The quantitative estimate of drug-likeness (QED) is 0.658. The Morgan fingerprint density at radius 2 is 2.00 bits per heavy atom. The van der Waals surface area contributed by atoms with E-state index < -0.39 is 22.1 Å². The van der Waals surface area contributed by atoms with Crippen molar-refractivity contribution >= 4 is 16.0 Å². The van der Waals surface area contributed by atoms with Crippen molar-refractivity contribution in [1.29, 1.82) is 0 Å². The molecule has 0 saturated heterocycles. The summed E-state index contributed by atoms with van der Waals surface area (Å²) in [5.74, 6) is -0.658. The van der Waals surface area contributed by atoms with E-state index >= 15 is 0 Å². The molecule has 6 nitrogen and oxygen atoms in total. The summed E-state index contributed by atoms with van der Waals surface area (Å²) in [6.45, 7) is 0.0998. The molecular weight excluding hydrogens is 256 g/mol. The fourth-order valence-electron chi connectivity index (χ4n) is 1.27. The number of rotatable bonds is 7. The molecule has 1 rings (SSSR count). The molecule has 0 radical (unpaired) electrons. The first-order valence-corrected chi connectivity index (χ1v) is 7.11. The number of primary amides is 1. The molecule has 0 fully saturated rings. The zero-order chi connectivity index (χ0) is 13.6. The monoisotopic (exact) mass is 272 g/mol. The molecule has 0 bridgehead atoms. The zero-order valence-corrected chi connectivity index (χ0v) is 10.8. The minimum atomic E-state index is -3.58. The molecule has 1 aromatic carbocycles. The Labute approximate surface area is 106 Å². The lowest BCUT2D eigenvalue weighted by Gasteiger charge is -2.14. The first-order valence-electron chi connectivity index (χ1n) is 5.29. The highest BCUT2D eigenvalue weighted by atomic mass is 32.2. The van der Waals surface area contributed by atoms with E-state index in [9.17, 15) is 13.2 Å². The van der Waals surface area contributed by atoms with Crippen LogP contribution in [-0.2, 0) is 25.6 Å². The van der Waals surface area contributed by atoms with E-state index in [1.165, 1.54) is 0 Å². The lowest BCUT2D eigenvalue weighted by Crippen LogP contribution is -2.44. The van der Waals surface area contributed by atoms with Gasteiger partial charge in [0, 0.05) is 6.54 Å². The lowest BCUT2D eigenvalue weighted by molar-refractivity contribution is -0.120. The molecular formula is C11H16N2O4S. The summed E-state index contributed by atoms with van der Waals surface area (Å²) >= 11 is 0. The van der Waals surface area contributed by atoms with E-state index in [1.54, 1.807) is 0 Å². The Bertz CT molecular complexity index is 487. The van der Waals surface area contributed by atoms with E-state index in [4.69, 9.17) is 5.73 Å². The van der Waals surface area contributed by atoms with Gasteiger partial charge in [0.15, 0.2) is 0 Å². The molecule has 0 aliphatic rings. The topological polar surface area (TPSA) is 98.5 Å². The van der Waals surface area contributed by atoms with E-state index in [1.807, 2.05) is 30.3 Å². The Morgan fingerprint density at radius 3 is 2.50 bits per heavy atom. The first kappa shape index (κ1) is 14.6. The number of nitrogens with two attached hydrogens (primary N) is 1. The highest BCUT2D eigenvalue weighted by Gasteiger charge is 2.17. The minimum Gasteiger partial charge on any atom is -0.368 e. The third-order valence-corrected chi connectivity index (χ3v) is 2.75. The zero-order valence-electron chi connectivity index (χ0n) is 10.00. The van der Waals surface area contributed by atoms with Crippen LogP contribution in [0.4, 0.5) is 0 Å². The molecule has 1 aromatic rings. The number of hydrogen-bond donors (Lipinski definition) is 2. The lowest BCUT2D eigenvalue weighted by atomic mass is 10.2. The van der Waals surface area contributed by atoms with Crippen molar-refractivity contribution in [2.75, 3.05) is 12.9 Å². The van der Waals surface area contributed by atoms with Crippen molar-refractivity contribution in [3.8, 4) is 0 Å². The summed E-state index contributed by atoms with van der Waals surface area (Å²) in [4.78, 5) is 11.1. The van der Waals surface area contributed by atoms with Gasteiger partial charge in [0.2, 0.25) is 5.91 Å². The van der Waals surface area contributed by atoms with Gasteiger partial charge in [-0.1, -0.05) is 30.3 Å². The molecule has 0 aromatic heterocycles. The van der Waals surface area contributed by atoms with Crippen LogP contribution in [0, 0.1) is 0 Å². The largest absolute Gasteiger partial charge is 0.368 e. The number of nitrogens with one attached hydrogen (secondary N) is 1. The fourth-order valence-corrected chi connectivity index (χ4v) is 1.65. The minimum absolute atomic E-state index is 0.305. The van der Waals surface area contributed by atoms with E-state index in [0.29, 0.717) is 6.54 Å². The molecule has 0 saturated carbocycles. The van der Waals surface area contributed by atoms with Gasteiger partial charge in [-0.15, -0.1) is 0 Å². The Morgan fingerprint density at radius 1 is 1.39 bits per heavy atom. The molecule has 0 aliphatic heterocycles. The molecule has 0 spiro atoms. The average Bonchev–Trinajstić information content (AvgIpc) is 2.28. The predicted molar refractivity (Wildman–Crippen MR) is 67.1 cm³/mol. The van der Waals surface area contributed by atoms with Gasteiger partial charge in [0.1, 0.15) is 6.04 Å². The van der Waals surface area contributed by atoms with Crippen LogP contribution in [0.5, 0.6) is 0 Å². The van der Waals surface area contributed by atoms with Gasteiger partial charge in [-0.2, -0.15) is 8.42 Å². The molecule has 100 valence electrons. The summed E-state index contributed by atoms with van der Waals surface area (Å²) in [5, 5.41) is 2.84. The Hall–Kier alpha value is -1.44. The van der Waals surface area contributed by atoms with Crippen LogP contribution in [0.25, 0.3) is 0 Å². The van der Waals surface area contributed by atoms with E-state index in [-0.39, 0.29) is 6.61 Å². The normalized spacial score (nSPS) is 13.2. The maximum absolute atomic E-state index is 11.1. The van der Waals surface area contributed by atoms with Crippen molar-refractivity contribution in [2.24, 2.45) is 5.73 Å². The molecule has 7 heteroatoms. The number of carbonyl (C=O) groups is 1. The SMILES string of the molecule is CS(=O)(=O)OC[C@@H](NCc1ccccc1)C(N)=O. The first-order chi connectivity index (χ1) is 8.38. The van der Waals surface area contributed by atoms with Crippen molar-refractivity contribution in [1.82, 2.24) is 5.32 Å². The number of carbonyl (C=O) groups excluding carboxylic acids is 1. The Balaban J connectivity index is 2.51. The van der Waals surface area contributed by atoms with Gasteiger partial charge in [-0.05, 0) is 5.56 Å². The van der Waals surface area contributed by atoms with Crippen molar-refractivity contribution < 1.29 is 17.4 Å². The van der Waals surface area contributed by atoms with Gasteiger partial charge < -0.3 is 5.73 Å². The van der Waals surface area contributed by atoms with Crippen molar-refractivity contribution in [3.05, 3.63) is 35.9 Å². The molecule has 18 heavy (non-hydrogen) atoms. The van der Waals surface area contributed by atoms with Gasteiger partial charge in [-0.25, -0.2) is 0 Å². The van der Waals surface area contributed by atoms with Crippen molar-refractivity contribution in [3.63, 3.8) is 0 Å². The summed E-state index contributed by atoms with van der Waals surface area (Å²) in [6, 6.07) is 8.51. The number of benzene rings is 1. The summed E-state index contributed by atoms with van der Waals surface area (Å²) in [6.07, 6.45) is 0.919. The maximum Gasteiger partial charge on any atom is 0.264 e. The molecule has 0 unspecified atom stereocenters. The molecule has 1 amide bonds. The van der Waals surface area contributed by atoms with Crippen LogP contribution in [0.2, 0.25) is 0 Å². The molecule has 0 heterocycles. The fraction of sp³-hybridized carbons (Fsp3) is 0.364. The second kappa shape index (κ2) is 6.48. The molecule has 0 aliphatic carbocycles. The summed E-state index contributed by atoms with van der Waals surface area (Å²) in [7, 11) is -3.58. The average molecular weight is 272 g/mol. The maximum atomic E-state index is 11.1. The number of hydrogen-bond acceptors (Lipinski definition) is 5. The van der Waals surface area contributed by atoms with Gasteiger partial charge in [0.25, 0.3) is 10.1 Å². The van der Waals surface area contributed by atoms with Crippen LogP contribution in [0.15, 0.2) is 30.3 Å². The third-order valence-electron chi connectivity index (χ3n) is 2.19. The van der Waals surface area contributed by atoms with E-state index in [0.717, 1.165) is 11.8 Å². The van der Waals surface area contributed by atoms with Crippen LogP contribution in [0.3, 0.4) is 0 Å². The standard InChI is InChI=1S/C11H16N2O4S/c1-18(15,16)17-8-10(11(12)14)13-7-9-5-3-2-4-6-9/h2-6,10,13H,7-8H2,1H3,(H2,12,14)/t10-/m1/s1. The second-order valence-corrected chi connectivity index (χ2v) is 5.45. The predicted octanol–water partition coefficient (Wildman–Crippen LogP) is -0.394. The smallest absolute Gasteiger partial charge is 0.264 e. The summed E-state index contributed by atoms with van der Waals surface area (Å²) in [5.41, 5.74) is 6.12. The molecule has 3 N–H and O–H groups in total. The van der Waals surface area contributed by atoms with Gasteiger partial charge >= 0.3 is 0 Å².